The number of rotatable bonds is 5. The van der Waals surface area contributed by atoms with Gasteiger partial charge in [0.25, 0.3) is 5.89 Å². The minimum Gasteiger partial charge on any atom is -0.484 e. The predicted molar refractivity (Wildman–Crippen MR) is 88.8 cm³/mol. The van der Waals surface area contributed by atoms with Crippen molar-refractivity contribution in [3.63, 3.8) is 0 Å². The van der Waals surface area contributed by atoms with Crippen LogP contribution < -0.4 is 4.74 Å². The first kappa shape index (κ1) is 15.3. The second kappa shape index (κ2) is 6.74. The van der Waals surface area contributed by atoms with Crippen LogP contribution in [0.4, 0.5) is 0 Å². The molecule has 0 aliphatic heterocycles. The normalized spacial score (nSPS) is 10.8. The summed E-state index contributed by atoms with van der Waals surface area (Å²) in [6.45, 7) is 0.167. The van der Waals surface area contributed by atoms with E-state index in [1.807, 2.05) is 24.3 Å². The van der Waals surface area contributed by atoms with E-state index in [0.29, 0.717) is 28.4 Å². The maximum absolute atomic E-state index is 5.87. The average molecular weight is 355 g/mol. The molecule has 8 heteroatoms. The number of aromatic nitrogens is 4. The molecule has 0 saturated carbocycles. The fraction of sp³-hybridized carbons (Fsp3) is 0.0588. The molecule has 0 N–H and O–H groups in total. The molecule has 0 aliphatic carbocycles. The summed E-state index contributed by atoms with van der Waals surface area (Å²) < 4.78 is 16.4. The Morgan fingerprint density at radius 3 is 2.28 bits per heavy atom. The first-order valence-electron chi connectivity index (χ1n) is 7.36. The molecule has 2 aromatic heterocycles. The molecule has 124 valence electrons. The van der Waals surface area contributed by atoms with E-state index in [2.05, 4.69) is 20.4 Å². The van der Waals surface area contributed by atoms with Gasteiger partial charge in [-0.1, -0.05) is 11.6 Å². The summed E-state index contributed by atoms with van der Waals surface area (Å²) in [5.41, 5.74) is 1.61. The fourth-order valence-electron chi connectivity index (χ4n) is 2.16. The Hall–Kier alpha value is -3.19. The lowest BCUT2D eigenvalue weighted by atomic mass is 10.2. The number of halogens is 1. The summed E-state index contributed by atoms with van der Waals surface area (Å²) in [6.07, 6.45) is 1.29. The van der Waals surface area contributed by atoms with Gasteiger partial charge < -0.3 is 13.6 Å². The predicted octanol–water partition coefficient (Wildman–Crippen LogP) is 4.02. The Labute approximate surface area is 147 Å². The van der Waals surface area contributed by atoms with E-state index in [0.717, 1.165) is 11.1 Å². The van der Waals surface area contributed by atoms with Crippen LogP contribution in [-0.2, 0) is 6.61 Å². The third-order valence-corrected chi connectivity index (χ3v) is 3.63. The molecule has 0 fully saturated rings. The van der Waals surface area contributed by atoms with Crippen molar-refractivity contribution in [3.8, 4) is 28.7 Å². The van der Waals surface area contributed by atoms with Crippen molar-refractivity contribution in [3.05, 3.63) is 65.8 Å². The van der Waals surface area contributed by atoms with Gasteiger partial charge in [0.15, 0.2) is 6.61 Å². The maximum atomic E-state index is 5.87. The molecule has 0 spiro atoms. The lowest BCUT2D eigenvalue weighted by Gasteiger charge is -2.03. The van der Waals surface area contributed by atoms with Crippen molar-refractivity contribution >= 4 is 11.6 Å². The van der Waals surface area contributed by atoms with Crippen LogP contribution in [0.25, 0.3) is 22.9 Å². The van der Waals surface area contributed by atoms with Crippen LogP contribution in [0.15, 0.2) is 63.8 Å². The van der Waals surface area contributed by atoms with Gasteiger partial charge in [-0.25, -0.2) is 0 Å². The van der Waals surface area contributed by atoms with Crippen LogP contribution in [0, 0.1) is 0 Å². The SMILES string of the molecule is Clc1ccc(-c2nnc(COc3ccc(-c4nnco4)cc3)o2)cc1. The second-order valence-corrected chi connectivity index (χ2v) is 5.50. The highest BCUT2D eigenvalue weighted by molar-refractivity contribution is 6.30. The fourth-order valence-corrected chi connectivity index (χ4v) is 2.28. The monoisotopic (exact) mass is 354 g/mol. The van der Waals surface area contributed by atoms with Gasteiger partial charge in [0.1, 0.15) is 5.75 Å². The summed E-state index contributed by atoms with van der Waals surface area (Å²) in [4.78, 5) is 0. The molecular formula is C17H11ClN4O3. The summed E-state index contributed by atoms with van der Waals surface area (Å²) in [7, 11) is 0. The first-order chi connectivity index (χ1) is 12.3. The smallest absolute Gasteiger partial charge is 0.254 e. The van der Waals surface area contributed by atoms with E-state index < -0.39 is 0 Å². The Kier molecular flexibility index (Phi) is 4.14. The Bertz CT molecular complexity index is 950. The Balaban J connectivity index is 1.41. The van der Waals surface area contributed by atoms with Crippen molar-refractivity contribution in [1.29, 1.82) is 0 Å². The zero-order valence-corrected chi connectivity index (χ0v) is 13.6. The molecule has 0 saturated heterocycles. The highest BCUT2D eigenvalue weighted by Gasteiger charge is 2.09. The summed E-state index contributed by atoms with van der Waals surface area (Å²) in [6, 6.07) is 14.4. The minimum absolute atomic E-state index is 0.167. The van der Waals surface area contributed by atoms with Crippen molar-refractivity contribution < 1.29 is 13.6 Å². The summed E-state index contributed by atoms with van der Waals surface area (Å²) >= 11 is 5.87. The van der Waals surface area contributed by atoms with Crippen LogP contribution in [0.5, 0.6) is 5.75 Å². The van der Waals surface area contributed by atoms with Crippen LogP contribution in [0.3, 0.4) is 0 Å². The number of nitrogens with zero attached hydrogens (tertiary/aromatic N) is 4. The lowest BCUT2D eigenvalue weighted by molar-refractivity contribution is 0.264. The molecule has 0 bridgehead atoms. The van der Waals surface area contributed by atoms with Gasteiger partial charge in [0, 0.05) is 16.1 Å². The van der Waals surface area contributed by atoms with E-state index in [9.17, 15) is 0 Å². The zero-order chi connectivity index (χ0) is 17.1. The van der Waals surface area contributed by atoms with Crippen LogP contribution in [0.1, 0.15) is 5.89 Å². The van der Waals surface area contributed by atoms with Crippen molar-refractivity contribution in [2.24, 2.45) is 0 Å². The summed E-state index contributed by atoms with van der Waals surface area (Å²) in [5.74, 6) is 1.92. The molecule has 4 rings (SSSR count). The summed E-state index contributed by atoms with van der Waals surface area (Å²) in [5, 5.41) is 16.1. The van der Waals surface area contributed by atoms with Crippen molar-refractivity contribution in [1.82, 2.24) is 20.4 Å². The number of ether oxygens (including phenoxy) is 1. The largest absolute Gasteiger partial charge is 0.484 e. The number of hydrogen-bond acceptors (Lipinski definition) is 7. The highest BCUT2D eigenvalue weighted by Crippen LogP contribution is 2.22. The van der Waals surface area contributed by atoms with Gasteiger partial charge in [-0.15, -0.1) is 20.4 Å². The number of hydrogen-bond donors (Lipinski definition) is 0. The molecule has 0 radical (unpaired) electrons. The third-order valence-electron chi connectivity index (χ3n) is 3.38. The standard InChI is InChI=1S/C17H11ClN4O3/c18-13-5-1-12(2-6-13)17-22-20-15(25-17)9-23-14-7-3-11(4-8-14)16-21-19-10-24-16/h1-8,10H,9H2. The van der Waals surface area contributed by atoms with Crippen molar-refractivity contribution in [2.75, 3.05) is 0 Å². The molecule has 7 nitrogen and oxygen atoms in total. The molecule has 0 aliphatic rings. The third kappa shape index (κ3) is 3.51. The van der Waals surface area contributed by atoms with Gasteiger partial charge in [-0.2, -0.15) is 0 Å². The van der Waals surface area contributed by atoms with Gasteiger partial charge in [0.05, 0.1) is 0 Å². The van der Waals surface area contributed by atoms with Gasteiger partial charge >= 0.3 is 0 Å². The molecule has 2 aromatic carbocycles. The molecular weight excluding hydrogens is 344 g/mol. The van der Waals surface area contributed by atoms with Gasteiger partial charge in [0.2, 0.25) is 18.2 Å². The Morgan fingerprint density at radius 2 is 1.56 bits per heavy atom. The van der Waals surface area contributed by atoms with Crippen LogP contribution in [-0.4, -0.2) is 20.4 Å². The highest BCUT2D eigenvalue weighted by atomic mass is 35.5. The lowest BCUT2D eigenvalue weighted by Crippen LogP contribution is -1.95. The molecule has 2 heterocycles. The van der Waals surface area contributed by atoms with E-state index in [1.165, 1.54) is 6.39 Å². The van der Waals surface area contributed by atoms with Crippen LogP contribution >= 0.6 is 11.6 Å². The van der Waals surface area contributed by atoms with Crippen molar-refractivity contribution in [2.45, 2.75) is 6.61 Å². The van der Waals surface area contributed by atoms with E-state index in [-0.39, 0.29) is 6.61 Å². The molecule has 4 aromatic rings. The van der Waals surface area contributed by atoms with E-state index in [1.54, 1.807) is 24.3 Å². The second-order valence-electron chi connectivity index (χ2n) is 5.06. The average Bonchev–Trinajstić information content (AvgIpc) is 3.33. The van der Waals surface area contributed by atoms with Crippen LogP contribution in [0.2, 0.25) is 5.02 Å². The molecule has 0 amide bonds. The molecule has 25 heavy (non-hydrogen) atoms. The molecule has 0 atom stereocenters. The number of benzene rings is 2. The minimum atomic E-state index is 0.167. The topological polar surface area (TPSA) is 87.1 Å². The molecule has 0 unspecified atom stereocenters. The first-order valence-corrected chi connectivity index (χ1v) is 7.73. The Morgan fingerprint density at radius 1 is 0.840 bits per heavy atom. The van der Waals surface area contributed by atoms with Gasteiger partial charge in [-0.3, -0.25) is 0 Å². The quantitative estimate of drug-likeness (QED) is 0.534. The van der Waals surface area contributed by atoms with E-state index >= 15 is 0 Å². The maximum Gasteiger partial charge on any atom is 0.254 e. The zero-order valence-electron chi connectivity index (χ0n) is 12.8. The van der Waals surface area contributed by atoms with Gasteiger partial charge in [-0.05, 0) is 48.5 Å². The van der Waals surface area contributed by atoms with E-state index in [4.69, 9.17) is 25.2 Å².